The van der Waals surface area contributed by atoms with E-state index < -0.39 is 0 Å². The van der Waals surface area contributed by atoms with E-state index in [9.17, 15) is 0 Å². The maximum absolute atomic E-state index is 6.04. The molecule has 1 saturated carbocycles. The quantitative estimate of drug-likeness (QED) is 0.771. The average molecular weight is 403 g/mol. The highest BCUT2D eigenvalue weighted by Gasteiger charge is 2.31. The second-order valence-electron chi connectivity index (χ2n) is 7.08. The number of aromatic nitrogens is 2. The highest BCUT2D eigenvalue weighted by molar-refractivity contribution is 14.1. The SMILES string of the molecule is COCc1nc(C2CCC(C(C)(C)C)CC2)nc(N)c1I. The standard InChI is InChI=1S/C16H26IN3O/c1-16(2,3)11-7-5-10(6-8-11)15-19-12(9-21-4)13(17)14(18)20-15/h10-11H,5-9H2,1-4H3,(H2,18,19,20). The van der Waals surface area contributed by atoms with Crippen molar-refractivity contribution in [3.8, 4) is 0 Å². The van der Waals surface area contributed by atoms with Crippen molar-refractivity contribution in [3.63, 3.8) is 0 Å². The van der Waals surface area contributed by atoms with E-state index in [1.54, 1.807) is 7.11 Å². The van der Waals surface area contributed by atoms with Crippen LogP contribution in [0.25, 0.3) is 0 Å². The maximum atomic E-state index is 6.04. The molecule has 118 valence electrons. The van der Waals surface area contributed by atoms with Crippen molar-refractivity contribution in [2.24, 2.45) is 11.3 Å². The first-order valence-corrected chi connectivity index (χ1v) is 8.71. The van der Waals surface area contributed by atoms with E-state index in [0.29, 0.717) is 23.8 Å². The van der Waals surface area contributed by atoms with Crippen LogP contribution in [-0.4, -0.2) is 17.1 Å². The Labute approximate surface area is 141 Å². The lowest BCUT2D eigenvalue weighted by Crippen LogP contribution is -2.26. The summed E-state index contributed by atoms with van der Waals surface area (Å²) in [6, 6.07) is 0. The van der Waals surface area contributed by atoms with E-state index in [1.807, 2.05) is 0 Å². The molecule has 0 aromatic carbocycles. The largest absolute Gasteiger partial charge is 0.383 e. The predicted octanol–water partition coefficient (Wildman–Crippen LogP) is 4.13. The van der Waals surface area contributed by atoms with Crippen molar-refractivity contribution in [2.45, 2.75) is 59.0 Å². The zero-order valence-electron chi connectivity index (χ0n) is 13.4. The van der Waals surface area contributed by atoms with E-state index in [2.05, 4.69) is 48.3 Å². The molecular formula is C16H26IN3O. The summed E-state index contributed by atoms with van der Waals surface area (Å²) in [5, 5.41) is 0. The van der Waals surface area contributed by atoms with Gasteiger partial charge in [0.05, 0.1) is 15.9 Å². The fraction of sp³-hybridized carbons (Fsp3) is 0.750. The van der Waals surface area contributed by atoms with Crippen LogP contribution in [0.4, 0.5) is 5.82 Å². The van der Waals surface area contributed by atoms with Gasteiger partial charge in [0.2, 0.25) is 0 Å². The third-order valence-corrected chi connectivity index (χ3v) is 5.74. The molecule has 1 fully saturated rings. The summed E-state index contributed by atoms with van der Waals surface area (Å²) in [6.07, 6.45) is 4.83. The Hall–Kier alpha value is -0.430. The number of hydrogen-bond acceptors (Lipinski definition) is 4. The second kappa shape index (κ2) is 6.77. The summed E-state index contributed by atoms with van der Waals surface area (Å²) in [5.74, 6) is 2.74. The second-order valence-corrected chi connectivity index (χ2v) is 8.15. The molecule has 0 saturated heterocycles. The molecule has 1 aliphatic carbocycles. The molecule has 0 aliphatic heterocycles. The van der Waals surface area contributed by atoms with Gasteiger partial charge in [0.15, 0.2) is 0 Å². The molecule has 0 spiro atoms. The van der Waals surface area contributed by atoms with Crippen LogP contribution in [-0.2, 0) is 11.3 Å². The number of rotatable bonds is 3. The van der Waals surface area contributed by atoms with Crippen LogP contribution >= 0.6 is 22.6 Å². The summed E-state index contributed by atoms with van der Waals surface area (Å²) in [6.45, 7) is 7.52. The molecule has 0 amide bonds. The van der Waals surface area contributed by atoms with Crippen LogP contribution in [0.15, 0.2) is 0 Å². The number of nitrogens with two attached hydrogens (primary N) is 1. The Morgan fingerprint density at radius 3 is 2.33 bits per heavy atom. The van der Waals surface area contributed by atoms with Crippen LogP contribution < -0.4 is 5.73 Å². The van der Waals surface area contributed by atoms with Crippen molar-refractivity contribution in [1.29, 1.82) is 0 Å². The Morgan fingerprint density at radius 2 is 1.81 bits per heavy atom. The van der Waals surface area contributed by atoms with Gasteiger partial charge in [0.1, 0.15) is 11.6 Å². The van der Waals surface area contributed by atoms with Gasteiger partial charge >= 0.3 is 0 Å². The average Bonchev–Trinajstić information content (AvgIpc) is 2.43. The smallest absolute Gasteiger partial charge is 0.141 e. The minimum atomic E-state index is 0.401. The highest BCUT2D eigenvalue weighted by Crippen LogP contribution is 2.42. The van der Waals surface area contributed by atoms with Crippen molar-refractivity contribution >= 4 is 28.4 Å². The van der Waals surface area contributed by atoms with Crippen LogP contribution in [0.5, 0.6) is 0 Å². The van der Waals surface area contributed by atoms with Crippen LogP contribution in [0, 0.1) is 14.9 Å². The molecule has 21 heavy (non-hydrogen) atoms. The summed E-state index contributed by atoms with van der Waals surface area (Å²) in [7, 11) is 1.68. The molecule has 1 aromatic rings. The third-order valence-electron chi connectivity index (χ3n) is 4.56. The number of methoxy groups -OCH3 is 1. The summed E-state index contributed by atoms with van der Waals surface area (Å²) < 4.78 is 6.14. The van der Waals surface area contributed by atoms with E-state index in [0.717, 1.165) is 33.8 Å². The molecule has 0 radical (unpaired) electrons. The Bertz CT molecular complexity index is 491. The van der Waals surface area contributed by atoms with Crippen molar-refractivity contribution in [3.05, 3.63) is 15.1 Å². The van der Waals surface area contributed by atoms with E-state index in [1.165, 1.54) is 12.8 Å². The fourth-order valence-corrected chi connectivity index (χ4v) is 3.56. The minimum absolute atomic E-state index is 0.401. The van der Waals surface area contributed by atoms with Crippen LogP contribution in [0.2, 0.25) is 0 Å². The monoisotopic (exact) mass is 403 g/mol. The number of nitrogen functional groups attached to an aromatic ring is 1. The fourth-order valence-electron chi connectivity index (χ4n) is 3.17. The van der Waals surface area contributed by atoms with Crippen LogP contribution in [0.3, 0.4) is 0 Å². The number of halogens is 1. The van der Waals surface area contributed by atoms with Crippen molar-refractivity contribution < 1.29 is 4.74 Å². The zero-order chi connectivity index (χ0) is 15.6. The molecular weight excluding hydrogens is 377 g/mol. The summed E-state index contributed by atoms with van der Waals surface area (Å²) in [5.41, 5.74) is 7.36. The Balaban J connectivity index is 2.13. The molecule has 2 N–H and O–H groups in total. The lowest BCUT2D eigenvalue weighted by Gasteiger charge is -2.36. The zero-order valence-corrected chi connectivity index (χ0v) is 15.6. The predicted molar refractivity (Wildman–Crippen MR) is 94.0 cm³/mol. The van der Waals surface area contributed by atoms with E-state index in [-0.39, 0.29) is 0 Å². The topological polar surface area (TPSA) is 61.0 Å². The molecule has 2 rings (SSSR count). The summed E-state index contributed by atoms with van der Waals surface area (Å²) >= 11 is 2.20. The molecule has 0 bridgehead atoms. The molecule has 1 heterocycles. The summed E-state index contributed by atoms with van der Waals surface area (Å²) in [4.78, 5) is 9.24. The number of ether oxygens (including phenoxy) is 1. The number of anilines is 1. The maximum Gasteiger partial charge on any atom is 0.141 e. The van der Waals surface area contributed by atoms with Gasteiger partial charge in [-0.1, -0.05) is 20.8 Å². The Kier molecular flexibility index (Phi) is 5.46. The van der Waals surface area contributed by atoms with Gasteiger partial charge in [0, 0.05) is 13.0 Å². The van der Waals surface area contributed by atoms with Gasteiger partial charge in [0.25, 0.3) is 0 Å². The lowest BCUT2D eigenvalue weighted by atomic mass is 9.69. The Morgan fingerprint density at radius 1 is 1.19 bits per heavy atom. The first-order valence-electron chi connectivity index (χ1n) is 7.63. The van der Waals surface area contributed by atoms with Gasteiger partial charge in [-0.2, -0.15) is 0 Å². The van der Waals surface area contributed by atoms with E-state index in [4.69, 9.17) is 15.5 Å². The molecule has 1 aromatic heterocycles. The number of hydrogen-bond donors (Lipinski definition) is 1. The number of nitrogens with zero attached hydrogens (tertiary/aromatic N) is 2. The van der Waals surface area contributed by atoms with Gasteiger partial charge < -0.3 is 10.5 Å². The molecule has 0 atom stereocenters. The van der Waals surface area contributed by atoms with Gasteiger partial charge in [-0.3, -0.25) is 0 Å². The molecule has 4 nitrogen and oxygen atoms in total. The lowest BCUT2D eigenvalue weighted by molar-refractivity contribution is 0.165. The molecule has 5 heteroatoms. The highest BCUT2D eigenvalue weighted by atomic mass is 127. The molecule has 0 unspecified atom stereocenters. The van der Waals surface area contributed by atoms with E-state index >= 15 is 0 Å². The minimum Gasteiger partial charge on any atom is -0.383 e. The van der Waals surface area contributed by atoms with Gasteiger partial charge in [-0.15, -0.1) is 0 Å². The third kappa shape index (κ3) is 4.06. The van der Waals surface area contributed by atoms with Gasteiger partial charge in [-0.25, -0.2) is 9.97 Å². The first-order chi connectivity index (χ1) is 9.82. The molecule has 1 aliphatic rings. The van der Waals surface area contributed by atoms with Gasteiger partial charge in [-0.05, 0) is 59.6 Å². The van der Waals surface area contributed by atoms with Crippen molar-refractivity contribution in [1.82, 2.24) is 9.97 Å². The van der Waals surface area contributed by atoms with Crippen molar-refractivity contribution in [2.75, 3.05) is 12.8 Å². The normalized spacial score (nSPS) is 23.3. The van der Waals surface area contributed by atoms with Crippen LogP contribution in [0.1, 0.15) is 63.9 Å². The first kappa shape index (κ1) is 16.9.